The summed E-state index contributed by atoms with van der Waals surface area (Å²) in [5.41, 5.74) is 4.83. The van der Waals surface area contributed by atoms with Crippen molar-refractivity contribution in [3.63, 3.8) is 0 Å². The summed E-state index contributed by atoms with van der Waals surface area (Å²) in [6.07, 6.45) is 5.08. The quantitative estimate of drug-likeness (QED) is 0.706. The third-order valence-electron chi connectivity index (χ3n) is 4.55. The third kappa shape index (κ3) is 2.99. The summed E-state index contributed by atoms with van der Waals surface area (Å²) in [7, 11) is 0. The zero-order valence-corrected chi connectivity index (χ0v) is 16.0. The van der Waals surface area contributed by atoms with Crippen LogP contribution >= 0.6 is 15.9 Å². The molecule has 0 bridgehead atoms. The van der Waals surface area contributed by atoms with Crippen molar-refractivity contribution in [1.82, 2.24) is 14.5 Å². The Kier molecular flexibility index (Phi) is 4.70. The molecular weight excluding hydrogens is 392 g/mol. The number of aryl methyl sites for hydroxylation is 1. The maximum atomic E-state index is 9.32. The number of pyridine rings is 1. The number of aromatic nitrogens is 3. The molecule has 0 unspecified atom stereocenters. The van der Waals surface area contributed by atoms with Gasteiger partial charge in [0.25, 0.3) is 0 Å². The predicted octanol–water partition coefficient (Wildman–Crippen LogP) is 4.00. The molecule has 0 aliphatic carbocycles. The zero-order valence-electron chi connectivity index (χ0n) is 14.4. The van der Waals surface area contributed by atoms with Gasteiger partial charge in [-0.25, -0.2) is 4.98 Å². The second-order valence-electron chi connectivity index (χ2n) is 6.33. The van der Waals surface area contributed by atoms with Gasteiger partial charge in [0.2, 0.25) is 0 Å². The van der Waals surface area contributed by atoms with Crippen LogP contribution in [0.25, 0.3) is 5.69 Å². The molecule has 5 nitrogen and oxygen atoms in total. The number of nitrogens with zero attached hydrogens (tertiary/aromatic N) is 4. The number of aliphatic hydroxyl groups excluding tert-OH is 1. The number of hydrogen-bond donors (Lipinski definition) is 1. The molecule has 0 fully saturated rings. The molecule has 132 valence electrons. The van der Waals surface area contributed by atoms with E-state index in [0.29, 0.717) is 6.42 Å². The van der Waals surface area contributed by atoms with E-state index in [1.54, 1.807) is 6.20 Å². The van der Waals surface area contributed by atoms with Crippen molar-refractivity contribution in [1.29, 1.82) is 0 Å². The first-order valence-corrected chi connectivity index (χ1v) is 9.43. The fourth-order valence-electron chi connectivity index (χ4n) is 3.37. The van der Waals surface area contributed by atoms with Gasteiger partial charge < -0.3 is 5.11 Å². The number of imidazole rings is 1. The van der Waals surface area contributed by atoms with Gasteiger partial charge in [-0.2, -0.15) is 0 Å². The van der Waals surface area contributed by atoms with Gasteiger partial charge in [0.15, 0.2) is 0 Å². The summed E-state index contributed by atoms with van der Waals surface area (Å²) >= 11 is 3.59. The van der Waals surface area contributed by atoms with Gasteiger partial charge in [0.1, 0.15) is 11.9 Å². The molecule has 3 aromatic rings. The summed E-state index contributed by atoms with van der Waals surface area (Å²) in [6.45, 7) is 2.19. The Morgan fingerprint density at radius 2 is 2.08 bits per heavy atom. The SMILES string of the molecule is Cc1cnc2n1-c1ccc(Br)cc1C(c1ccccn1)=N[C@H]2CCCO. The van der Waals surface area contributed by atoms with Crippen molar-refractivity contribution in [3.8, 4) is 5.69 Å². The molecule has 26 heavy (non-hydrogen) atoms. The van der Waals surface area contributed by atoms with Crippen molar-refractivity contribution < 1.29 is 5.11 Å². The summed E-state index contributed by atoms with van der Waals surface area (Å²) in [4.78, 5) is 14.2. The highest BCUT2D eigenvalue weighted by Gasteiger charge is 2.27. The Morgan fingerprint density at radius 1 is 1.19 bits per heavy atom. The normalized spacial score (nSPS) is 15.8. The zero-order chi connectivity index (χ0) is 18.1. The Morgan fingerprint density at radius 3 is 2.85 bits per heavy atom. The average molecular weight is 411 g/mol. The van der Waals surface area contributed by atoms with Gasteiger partial charge in [-0.05, 0) is 50.1 Å². The Hall–Kier alpha value is -2.31. The van der Waals surface area contributed by atoms with Crippen LogP contribution in [0.5, 0.6) is 0 Å². The molecule has 1 aliphatic rings. The van der Waals surface area contributed by atoms with Gasteiger partial charge in [0.05, 0.1) is 17.1 Å². The maximum absolute atomic E-state index is 9.32. The lowest BCUT2D eigenvalue weighted by atomic mass is 10.0. The van der Waals surface area contributed by atoms with E-state index in [1.807, 2.05) is 30.5 Å². The van der Waals surface area contributed by atoms with Crippen LogP contribution in [0, 0.1) is 6.92 Å². The highest BCUT2D eigenvalue weighted by molar-refractivity contribution is 9.10. The molecule has 1 aromatic carbocycles. The molecule has 0 saturated heterocycles. The molecule has 0 spiro atoms. The first-order chi connectivity index (χ1) is 12.7. The van der Waals surface area contributed by atoms with Crippen LogP contribution in [0.2, 0.25) is 0 Å². The topological polar surface area (TPSA) is 63.3 Å². The molecule has 0 saturated carbocycles. The number of halogens is 1. The molecular formula is C20H19BrN4O. The molecule has 6 heteroatoms. The van der Waals surface area contributed by atoms with Crippen molar-refractivity contribution in [2.45, 2.75) is 25.8 Å². The van der Waals surface area contributed by atoms with Crippen LogP contribution in [0.15, 0.2) is 58.3 Å². The van der Waals surface area contributed by atoms with Crippen LogP contribution in [0.3, 0.4) is 0 Å². The lowest BCUT2D eigenvalue weighted by Crippen LogP contribution is -2.09. The van der Waals surface area contributed by atoms with Gasteiger partial charge >= 0.3 is 0 Å². The number of benzene rings is 1. The smallest absolute Gasteiger partial charge is 0.138 e. The first kappa shape index (κ1) is 17.1. The molecule has 1 aliphatic heterocycles. The van der Waals surface area contributed by atoms with E-state index in [9.17, 15) is 5.11 Å². The molecule has 3 heterocycles. The van der Waals surface area contributed by atoms with E-state index in [0.717, 1.165) is 45.1 Å². The minimum atomic E-state index is -0.126. The van der Waals surface area contributed by atoms with Crippen molar-refractivity contribution in [3.05, 3.63) is 76.0 Å². The fourth-order valence-corrected chi connectivity index (χ4v) is 3.73. The lowest BCUT2D eigenvalue weighted by Gasteiger charge is -2.14. The monoisotopic (exact) mass is 410 g/mol. The lowest BCUT2D eigenvalue weighted by molar-refractivity contribution is 0.279. The standard InChI is InChI=1S/C20H19BrN4O/c1-13-12-23-20-17(6-4-10-26)24-19(16-5-2-3-9-22-16)15-11-14(21)7-8-18(15)25(13)20/h2-3,5,7-9,11-12,17,26H,4,6,10H2,1H3/t17-/m0/s1. The summed E-state index contributed by atoms with van der Waals surface area (Å²) in [5.74, 6) is 0.908. The van der Waals surface area contributed by atoms with E-state index in [2.05, 4.69) is 49.5 Å². The highest BCUT2D eigenvalue weighted by Crippen LogP contribution is 2.34. The molecule has 0 radical (unpaired) electrons. The average Bonchev–Trinajstić information content (AvgIpc) is 2.97. The summed E-state index contributed by atoms with van der Waals surface area (Å²) in [6, 6.07) is 11.9. The Bertz CT molecular complexity index is 965. The predicted molar refractivity (Wildman–Crippen MR) is 105 cm³/mol. The van der Waals surface area contributed by atoms with E-state index in [4.69, 9.17) is 4.99 Å². The van der Waals surface area contributed by atoms with Crippen molar-refractivity contribution in [2.75, 3.05) is 6.61 Å². The highest BCUT2D eigenvalue weighted by atomic mass is 79.9. The van der Waals surface area contributed by atoms with Crippen molar-refractivity contribution >= 4 is 21.6 Å². The number of fused-ring (bicyclic) bond motifs is 3. The van der Waals surface area contributed by atoms with Crippen LogP contribution in [0.1, 0.15) is 41.7 Å². The van der Waals surface area contributed by atoms with Crippen molar-refractivity contribution in [2.24, 2.45) is 4.99 Å². The van der Waals surface area contributed by atoms with Crippen LogP contribution in [0.4, 0.5) is 0 Å². The third-order valence-corrected chi connectivity index (χ3v) is 5.04. The van der Waals surface area contributed by atoms with E-state index < -0.39 is 0 Å². The maximum Gasteiger partial charge on any atom is 0.138 e. The van der Waals surface area contributed by atoms with Crippen LogP contribution < -0.4 is 0 Å². The molecule has 1 atom stereocenters. The number of hydrogen-bond acceptors (Lipinski definition) is 4. The van der Waals surface area contributed by atoms with E-state index in [-0.39, 0.29) is 12.6 Å². The summed E-state index contributed by atoms with van der Waals surface area (Å²) in [5, 5.41) is 9.32. The number of rotatable bonds is 4. The van der Waals surface area contributed by atoms with Gasteiger partial charge in [-0.1, -0.05) is 22.0 Å². The minimum Gasteiger partial charge on any atom is -0.396 e. The van der Waals surface area contributed by atoms with E-state index >= 15 is 0 Å². The van der Waals surface area contributed by atoms with Crippen LogP contribution in [-0.4, -0.2) is 32.0 Å². The first-order valence-electron chi connectivity index (χ1n) is 8.63. The number of aliphatic imine (C=N–C) groups is 1. The molecule has 0 amide bonds. The Labute approximate surface area is 160 Å². The van der Waals surface area contributed by atoms with Gasteiger partial charge in [-0.15, -0.1) is 0 Å². The van der Waals surface area contributed by atoms with Gasteiger partial charge in [-0.3, -0.25) is 14.5 Å². The minimum absolute atomic E-state index is 0.126. The largest absolute Gasteiger partial charge is 0.396 e. The molecule has 2 aromatic heterocycles. The second-order valence-corrected chi connectivity index (χ2v) is 7.24. The number of aliphatic hydroxyl groups is 1. The summed E-state index contributed by atoms with van der Waals surface area (Å²) < 4.78 is 3.16. The fraction of sp³-hybridized carbons (Fsp3) is 0.250. The van der Waals surface area contributed by atoms with E-state index in [1.165, 1.54) is 0 Å². The van der Waals surface area contributed by atoms with Crippen LogP contribution in [-0.2, 0) is 0 Å². The second kappa shape index (κ2) is 7.13. The van der Waals surface area contributed by atoms with Gasteiger partial charge in [0, 0.05) is 34.7 Å². The Balaban J connectivity index is 1.99. The molecule has 4 rings (SSSR count). The molecule has 1 N–H and O–H groups in total.